The third-order valence-corrected chi connectivity index (χ3v) is 3.37. The average Bonchev–Trinajstić information content (AvgIpc) is 2.15. The highest BCUT2D eigenvalue weighted by Gasteiger charge is 2.24. The van der Waals surface area contributed by atoms with Gasteiger partial charge >= 0.3 is 0 Å². The molecule has 0 radical (unpaired) electrons. The maximum atomic E-state index is 5.28. The monoisotopic (exact) mass is 271 g/mol. The molecule has 1 saturated carbocycles. The Morgan fingerprint density at radius 1 is 1.60 bits per heavy atom. The van der Waals surface area contributed by atoms with Gasteiger partial charge in [0.15, 0.2) is 0 Å². The molecule has 1 aliphatic carbocycles. The third-order valence-electron chi connectivity index (χ3n) is 2.81. The fraction of sp³-hybridized carbons (Fsp3) is 0.556. The Hall–Kier alpha value is -0.880. The first-order valence-electron chi connectivity index (χ1n) is 4.94. The standard InChI is InChI=1S/C9H14BrN5/c1-15(6-3-2-4-6)8-7(10)5-12-9(13-8)14-11/h5-6H,2-4,11H2,1H3,(H,12,13,14). The van der Waals surface area contributed by atoms with E-state index >= 15 is 0 Å². The SMILES string of the molecule is CN(c1nc(NN)ncc1Br)C1CCC1. The Kier molecular flexibility index (Phi) is 3.06. The summed E-state index contributed by atoms with van der Waals surface area (Å²) < 4.78 is 0.899. The van der Waals surface area contributed by atoms with E-state index in [1.165, 1.54) is 19.3 Å². The van der Waals surface area contributed by atoms with Crippen molar-refractivity contribution in [1.29, 1.82) is 0 Å². The van der Waals surface area contributed by atoms with E-state index < -0.39 is 0 Å². The van der Waals surface area contributed by atoms with E-state index in [4.69, 9.17) is 5.84 Å². The molecule has 0 unspecified atom stereocenters. The van der Waals surface area contributed by atoms with Crippen LogP contribution >= 0.6 is 15.9 Å². The molecule has 1 fully saturated rings. The Morgan fingerprint density at radius 3 is 2.87 bits per heavy atom. The molecule has 3 N–H and O–H groups in total. The van der Waals surface area contributed by atoms with Crippen LogP contribution < -0.4 is 16.2 Å². The van der Waals surface area contributed by atoms with Gasteiger partial charge in [0.1, 0.15) is 5.82 Å². The predicted octanol–water partition coefficient (Wildman–Crippen LogP) is 1.51. The number of aromatic nitrogens is 2. The molecule has 0 spiro atoms. The first kappa shape index (κ1) is 10.6. The number of hydrazine groups is 1. The van der Waals surface area contributed by atoms with Gasteiger partial charge in [0.2, 0.25) is 5.95 Å². The number of nitrogen functional groups attached to an aromatic ring is 1. The van der Waals surface area contributed by atoms with Crippen LogP contribution in [-0.4, -0.2) is 23.1 Å². The fourth-order valence-corrected chi connectivity index (χ4v) is 2.09. The summed E-state index contributed by atoms with van der Waals surface area (Å²) in [5, 5.41) is 0. The highest BCUT2D eigenvalue weighted by atomic mass is 79.9. The van der Waals surface area contributed by atoms with Gasteiger partial charge in [0.25, 0.3) is 0 Å². The molecular weight excluding hydrogens is 258 g/mol. The molecule has 6 heteroatoms. The van der Waals surface area contributed by atoms with Gasteiger partial charge in [0.05, 0.1) is 4.47 Å². The van der Waals surface area contributed by atoms with E-state index in [2.05, 4.69) is 43.3 Å². The summed E-state index contributed by atoms with van der Waals surface area (Å²) >= 11 is 3.45. The zero-order chi connectivity index (χ0) is 10.8. The molecule has 1 aromatic heterocycles. The van der Waals surface area contributed by atoms with Crippen molar-refractivity contribution >= 4 is 27.7 Å². The maximum absolute atomic E-state index is 5.28. The highest BCUT2D eigenvalue weighted by molar-refractivity contribution is 9.10. The number of anilines is 2. The molecule has 2 rings (SSSR count). The van der Waals surface area contributed by atoms with Crippen LogP contribution in [0.1, 0.15) is 19.3 Å². The van der Waals surface area contributed by atoms with Crippen molar-refractivity contribution in [1.82, 2.24) is 9.97 Å². The van der Waals surface area contributed by atoms with Crippen LogP contribution in [0.15, 0.2) is 10.7 Å². The van der Waals surface area contributed by atoms with Crippen LogP contribution in [0.4, 0.5) is 11.8 Å². The molecule has 0 saturated heterocycles. The number of nitrogens with one attached hydrogen (secondary N) is 1. The average molecular weight is 272 g/mol. The van der Waals surface area contributed by atoms with Crippen LogP contribution in [0.2, 0.25) is 0 Å². The van der Waals surface area contributed by atoms with Crippen LogP contribution in [0.3, 0.4) is 0 Å². The normalized spacial score (nSPS) is 15.9. The summed E-state index contributed by atoms with van der Waals surface area (Å²) in [7, 11) is 2.05. The molecule has 0 bridgehead atoms. The van der Waals surface area contributed by atoms with Crippen molar-refractivity contribution in [2.45, 2.75) is 25.3 Å². The lowest BCUT2D eigenvalue weighted by molar-refractivity contribution is 0.399. The summed E-state index contributed by atoms with van der Waals surface area (Å²) in [5.74, 6) is 6.62. The van der Waals surface area contributed by atoms with E-state index in [1.54, 1.807) is 6.20 Å². The number of nitrogens with two attached hydrogens (primary N) is 1. The Balaban J connectivity index is 2.24. The van der Waals surface area contributed by atoms with E-state index in [-0.39, 0.29) is 0 Å². The summed E-state index contributed by atoms with van der Waals surface area (Å²) in [6.45, 7) is 0. The van der Waals surface area contributed by atoms with Crippen molar-refractivity contribution in [3.63, 3.8) is 0 Å². The van der Waals surface area contributed by atoms with Crippen molar-refractivity contribution in [2.75, 3.05) is 17.4 Å². The highest BCUT2D eigenvalue weighted by Crippen LogP contribution is 2.31. The van der Waals surface area contributed by atoms with Crippen LogP contribution in [0.25, 0.3) is 0 Å². The molecule has 0 atom stereocenters. The van der Waals surface area contributed by atoms with Gasteiger partial charge in [-0.3, -0.25) is 5.43 Å². The predicted molar refractivity (Wildman–Crippen MR) is 63.6 cm³/mol. The number of halogens is 1. The van der Waals surface area contributed by atoms with Gasteiger partial charge < -0.3 is 4.90 Å². The van der Waals surface area contributed by atoms with Gasteiger partial charge in [0, 0.05) is 19.3 Å². The Labute approximate surface area is 97.2 Å². The van der Waals surface area contributed by atoms with Gasteiger partial charge in [-0.25, -0.2) is 10.8 Å². The molecule has 1 aromatic rings. The number of hydrogen-bond donors (Lipinski definition) is 2. The molecule has 0 amide bonds. The van der Waals surface area contributed by atoms with E-state index in [9.17, 15) is 0 Å². The summed E-state index contributed by atoms with van der Waals surface area (Å²) in [5.41, 5.74) is 2.45. The molecule has 15 heavy (non-hydrogen) atoms. The molecular formula is C9H14BrN5. The molecule has 1 heterocycles. The molecule has 0 aliphatic heterocycles. The second-order valence-electron chi connectivity index (χ2n) is 3.71. The fourth-order valence-electron chi connectivity index (χ4n) is 1.62. The maximum Gasteiger partial charge on any atom is 0.239 e. The minimum absolute atomic E-state index is 0.444. The van der Waals surface area contributed by atoms with Gasteiger partial charge in [-0.2, -0.15) is 4.98 Å². The van der Waals surface area contributed by atoms with Gasteiger partial charge in [-0.05, 0) is 35.2 Å². The van der Waals surface area contributed by atoms with Crippen molar-refractivity contribution in [3.8, 4) is 0 Å². The Morgan fingerprint density at radius 2 is 2.33 bits per heavy atom. The zero-order valence-electron chi connectivity index (χ0n) is 8.57. The molecule has 5 nitrogen and oxygen atoms in total. The number of rotatable bonds is 3. The van der Waals surface area contributed by atoms with Crippen LogP contribution in [0, 0.1) is 0 Å². The smallest absolute Gasteiger partial charge is 0.239 e. The molecule has 82 valence electrons. The summed E-state index contributed by atoms with van der Waals surface area (Å²) in [4.78, 5) is 10.5. The first-order valence-corrected chi connectivity index (χ1v) is 5.73. The van der Waals surface area contributed by atoms with Gasteiger partial charge in [-0.15, -0.1) is 0 Å². The third kappa shape index (κ3) is 2.05. The first-order chi connectivity index (χ1) is 7.22. The second kappa shape index (κ2) is 4.32. The molecule has 1 aliphatic rings. The van der Waals surface area contributed by atoms with E-state index in [0.717, 1.165) is 10.3 Å². The zero-order valence-corrected chi connectivity index (χ0v) is 10.2. The van der Waals surface area contributed by atoms with Gasteiger partial charge in [-0.1, -0.05) is 0 Å². The lowest BCUT2D eigenvalue weighted by Crippen LogP contribution is -2.38. The minimum Gasteiger partial charge on any atom is -0.356 e. The summed E-state index contributed by atoms with van der Waals surface area (Å²) in [6.07, 6.45) is 5.49. The van der Waals surface area contributed by atoms with Crippen molar-refractivity contribution in [2.24, 2.45) is 5.84 Å². The van der Waals surface area contributed by atoms with E-state index in [1.807, 2.05) is 0 Å². The van der Waals surface area contributed by atoms with Crippen molar-refractivity contribution < 1.29 is 0 Å². The van der Waals surface area contributed by atoms with Crippen molar-refractivity contribution in [3.05, 3.63) is 10.7 Å². The largest absolute Gasteiger partial charge is 0.356 e. The lowest BCUT2D eigenvalue weighted by Gasteiger charge is -2.35. The Bertz CT molecular complexity index is 352. The number of nitrogens with zero attached hydrogens (tertiary/aromatic N) is 3. The second-order valence-corrected chi connectivity index (χ2v) is 4.56. The lowest BCUT2D eigenvalue weighted by atomic mass is 9.92. The summed E-state index contributed by atoms with van der Waals surface area (Å²) in [6, 6.07) is 0.599. The quantitative estimate of drug-likeness (QED) is 0.645. The minimum atomic E-state index is 0.444. The van der Waals surface area contributed by atoms with Crippen LogP contribution in [-0.2, 0) is 0 Å². The topological polar surface area (TPSA) is 67.1 Å². The number of hydrogen-bond acceptors (Lipinski definition) is 5. The molecule has 0 aromatic carbocycles. The van der Waals surface area contributed by atoms with Crippen LogP contribution in [0.5, 0.6) is 0 Å². The van der Waals surface area contributed by atoms with E-state index in [0.29, 0.717) is 12.0 Å².